The first kappa shape index (κ1) is 8.17. The lowest BCUT2D eigenvalue weighted by Gasteiger charge is -2.16. The largest absolute Gasteiger partial charge is 0.296 e. The molecule has 0 bridgehead atoms. The molecule has 0 saturated carbocycles. The van der Waals surface area contributed by atoms with Crippen LogP contribution in [0.4, 0.5) is 0 Å². The molecule has 4 heteroatoms. The number of thiophene rings is 1. The Balaban J connectivity index is 2.42. The Morgan fingerprint density at radius 1 is 1.36 bits per heavy atom. The SMILES string of the molecule is O=c1c2cscc2nc2n1CCCC2. The fraction of sp³-hybridized carbons (Fsp3) is 0.400. The molecule has 0 aromatic carbocycles. The van der Waals surface area contributed by atoms with E-state index in [2.05, 4.69) is 4.98 Å². The summed E-state index contributed by atoms with van der Waals surface area (Å²) in [5.41, 5.74) is 1.01. The number of nitrogens with zero attached hydrogens (tertiary/aromatic N) is 2. The lowest BCUT2D eigenvalue weighted by Crippen LogP contribution is -2.27. The van der Waals surface area contributed by atoms with Crippen LogP contribution in [0.15, 0.2) is 15.6 Å². The molecule has 0 radical (unpaired) electrons. The predicted molar refractivity (Wildman–Crippen MR) is 56.8 cm³/mol. The zero-order valence-electron chi connectivity index (χ0n) is 7.69. The zero-order valence-corrected chi connectivity index (χ0v) is 8.51. The van der Waals surface area contributed by atoms with E-state index in [1.165, 1.54) is 0 Å². The highest BCUT2D eigenvalue weighted by atomic mass is 32.1. The first-order valence-corrected chi connectivity index (χ1v) is 5.76. The maximum Gasteiger partial charge on any atom is 0.262 e. The lowest BCUT2D eigenvalue weighted by atomic mass is 10.1. The van der Waals surface area contributed by atoms with Gasteiger partial charge in [-0.25, -0.2) is 4.98 Å². The number of rotatable bonds is 0. The van der Waals surface area contributed by atoms with Gasteiger partial charge in [0.1, 0.15) is 5.82 Å². The van der Waals surface area contributed by atoms with Gasteiger partial charge in [-0.3, -0.25) is 9.36 Å². The molecule has 14 heavy (non-hydrogen) atoms. The van der Waals surface area contributed by atoms with Gasteiger partial charge in [-0.05, 0) is 12.8 Å². The summed E-state index contributed by atoms with van der Waals surface area (Å²) in [6.07, 6.45) is 3.20. The number of aryl methyl sites for hydroxylation is 1. The molecule has 3 rings (SSSR count). The Bertz CT molecular complexity index is 541. The van der Waals surface area contributed by atoms with E-state index in [4.69, 9.17) is 0 Å². The van der Waals surface area contributed by atoms with Gasteiger partial charge in [0, 0.05) is 23.7 Å². The van der Waals surface area contributed by atoms with Crippen LogP contribution >= 0.6 is 11.3 Å². The predicted octanol–water partition coefficient (Wildman–Crippen LogP) is 1.79. The van der Waals surface area contributed by atoms with Gasteiger partial charge in [-0.15, -0.1) is 11.3 Å². The minimum Gasteiger partial charge on any atom is -0.296 e. The fourth-order valence-electron chi connectivity index (χ4n) is 1.97. The molecule has 3 nitrogen and oxygen atoms in total. The van der Waals surface area contributed by atoms with E-state index in [-0.39, 0.29) is 5.56 Å². The zero-order chi connectivity index (χ0) is 9.54. The average Bonchev–Trinajstić information content (AvgIpc) is 2.66. The third-order valence-electron chi connectivity index (χ3n) is 2.71. The average molecular weight is 206 g/mol. The molecule has 0 amide bonds. The summed E-state index contributed by atoms with van der Waals surface area (Å²) in [5.74, 6) is 0.965. The van der Waals surface area contributed by atoms with Gasteiger partial charge in [-0.1, -0.05) is 0 Å². The van der Waals surface area contributed by atoms with E-state index in [1.54, 1.807) is 11.3 Å². The Hall–Kier alpha value is -1.16. The van der Waals surface area contributed by atoms with Crippen molar-refractivity contribution < 1.29 is 0 Å². The first-order chi connectivity index (χ1) is 6.86. The number of hydrogen-bond donors (Lipinski definition) is 0. The quantitative estimate of drug-likeness (QED) is 0.658. The molecule has 3 heterocycles. The maximum absolute atomic E-state index is 12.0. The van der Waals surface area contributed by atoms with Crippen LogP contribution in [-0.4, -0.2) is 9.55 Å². The maximum atomic E-state index is 12.0. The molecule has 0 saturated heterocycles. The van der Waals surface area contributed by atoms with Crippen LogP contribution in [0.25, 0.3) is 10.9 Å². The van der Waals surface area contributed by atoms with Crippen molar-refractivity contribution in [2.75, 3.05) is 0 Å². The Morgan fingerprint density at radius 2 is 2.29 bits per heavy atom. The minimum atomic E-state index is 0.144. The molecule has 72 valence electrons. The minimum absolute atomic E-state index is 0.144. The summed E-state index contributed by atoms with van der Waals surface area (Å²) in [5, 5.41) is 4.62. The van der Waals surface area contributed by atoms with Crippen molar-refractivity contribution in [2.24, 2.45) is 0 Å². The molecule has 0 spiro atoms. The van der Waals surface area contributed by atoms with E-state index in [1.807, 2.05) is 15.3 Å². The number of fused-ring (bicyclic) bond motifs is 2. The molecule has 0 atom stereocenters. The first-order valence-electron chi connectivity index (χ1n) is 4.82. The highest BCUT2D eigenvalue weighted by Crippen LogP contribution is 2.17. The highest BCUT2D eigenvalue weighted by molar-refractivity contribution is 7.09. The van der Waals surface area contributed by atoms with Crippen LogP contribution in [0.5, 0.6) is 0 Å². The molecular formula is C10H10N2OS. The summed E-state index contributed by atoms with van der Waals surface area (Å²) < 4.78 is 1.83. The fourth-order valence-corrected chi connectivity index (χ4v) is 2.71. The Morgan fingerprint density at radius 3 is 3.21 bits per heavy atom. The van der Waals surface area contributed by atoms with Crippen molar-refractivity contribution >= 4 is 22.2 Å². The van der Waals surface area contributed by atoms with Crippen LogP contribution in [0.3, 0.4) is 0 Å². The van der Waals surface area contributed by atoms with Gasteiger partial charge in [0.05, 0.1) is 10.9 Å². The second-order valence-corrected chi connectivity index (χ2v) is 4.36. The van der Waals surface area contributed by atoms with Crippen LogP contribution in [0.2, 0.25) is 0 Å². The van der Waals surface area contributed by atoms with Crippen LogP contribution in [-0.2, 0) is 13.0 Å². The van der Waals surface area contributed by atoms with Crippen molar-refractivity contribution in [2.45, 2.75) is 25.8 Å². The Kier molecular flexibility index (Phi) is 1.70. The second-order valence-electron chi connectivity index (χ2n) is 3.61. The van der Waals surface area contributed by atoms with Gasteiger partial charge in [0.25, 0.3) is 5.56 Å². The summed E-state index contributed by atoms with van der Waals surface area (Å²) >= 11 is 1.55. The van der Waals surface area contributed by atoms with Crippen molar-refractivity contribution in [1.82, 2.24) is 9.55 Å². The summed E-state index contributed by atoms with van der Waals surface area (Å²) in [6, 6.07) is 0. The summed E-state index contributed by atoms with van der Waals surface area (Å²) in [6.45, 7) is 0.840. The second kappa shape index (κ2) is 2.92. The number of hydrogen-bond acceptors (Lipinski definition) is 3. The summed E-state index contributed by atoms with van der Waals surface area (Å²) in [7, 11) is 0. The van der Waals surface area contributed by atoms with Crippen molar-refractivity contribution in [3.63, 3.8) is 0 Å². The molecule has 1 aliphatic rings. The van der Waals surface area contributed by atoms with E-state index < -0.39 is 0 Å². The molecule has 2 aromatic heterocycles. The molecule has 0 fully saturated rings. The van der Waals surface area contributed by atoms with Gasteiger partial charge < -0.3 is 0 Å². The van der Waals surface area contributed by atoms with E-state index in [0.29, 0.717) is 0 Å². The molecule has 0 aliphatic carbocycles. The Labute approximate surface area is 85.0 Å². The molecule has 0 N–H and O–H groups in total. The number of aromatic nitrogens is 2. The third-order valence-corrected chi connectivity index (χ3v) is 3.44. The topological polar surface area (TPSA) is 34.9 Å². The van der Waals surface area contributed by atoms with Crippen molar-refractivity contribution in [3.8, 4) is 0 Å². The van der Waals surface area contributed by atoms with Gasteiger partial charge >= 0.3 is 0 Å². The van der Waals surface area contributed by atoms with Crippen molar-refractivity contribution in [3.05, 3.63) is 26.9 Å². The molecule has 2 aromatic rings. The molecular weight excluding hydrogens is 196 g/mol. The lowest BCUT2D eigenvalue weighted by molar-refractivity contribution is 0.501. The van der Waals surface area contributed by atoms with Crippen LogP contribution in [0.1, 0.15) is 18.7 Å². The molecule has 0 unspecified atom stereocenters. The van der Waals surface area contributed by atoms with Gasteiger partial charge in [0.15, 0.2) is 0 Å². The van der Waals surface area contributed by atoms with Gasteiger partial charge in [0.2, 0.25) is 0 Å². The van der Waals surface area contributed by atoms with E-state index in [9.17, 15) is 4.79 Å². The standard InChI is InChI=1S/C10H10N2OS/c13-10-7-5-14-6-8(7)11-9-3-1-2-4-12(9)10/h5-6H,1-4H2. The van der Waals surface area contributed by atoms with Crippen LogP contribution in [0, 0.1) is 0 Å². The van der Waals surface area contributed by atoms with E-state index in [0.717, 1.165) is 42.5 Å². The summed E-state index contributed by atoms with van der Waals surface area (Å²) in [4.78, 5) is 16.5. The normalized spacial score (nSPS) is 15.7. The molecule has 1 aliphatic heterocycles. The smallest absolute Gasteiger partial charge is 0.262 e. The van der Waals surface area contributed by atoms with Crippen LogP contribution < -0.4 is 5.56 Å². The van der Waals surface area contributed by atoms with Crippen molar-refractivity contribution in [1.29, 1.82) is 0 Å². The monoisotopic (exact) mass is 206 g/mol. The third kappa shape index (κ3) is 1.04. The highest BCUT2D eigenvalue weighted by Gasteiger charge is 2.14. The van der Waals surface area contributed by atoms with Gasteiger partial charge in [-0.2, -0.15) is 0 Å². The van der Waals surface area contributed by atoms with E-state index >= 15 is 0 Å².